The molecule has 2 aromatic carbocycles. The summed E-state index contributed by atoms with van der Waals surface area (Å²) in [4.78, 5) is 10.9. The molecule has 0 aliphatic carbocycles. The number of aliphatic hydroxyl groups is 1. The molecule has 1 unspecified atom stereocenters. The number of primary amides is 1. The molecule has 0 heterocycles. The van der Waals surface area contributed by atoms with E-state index in [1.807, 2.05) is 49.4 Å². The molecular weight excluding hydrogens is 436 g/mol. The Bertz CT molecular complexity index is 731. The number of carbonyl (C=O) groups is 1. The van der Waals surface area contributed by atoms with Crippen LogP contribution in [-0.2, 0) is 11.3 Å². The molecule has 4 N–H and O–H groups in total. The summed E-state index contributed by atoms with van der Waals surface area (Å²) in [6.07, 6.45) is -0.579. The van der Waals surface area contributed by atoms with E-state index in [-0.39, 0.29) is 19.0 Å². The van der Waals surface area contributed by atoms with Crippen LogP contribution in [0.2, 0.25) is 0 Å². The lowest BCUT2D eigenvalue weighted by molar-refractivity contribution is -0.120. The second-order valence-corrected chi connectivity index (χ2v) is 6.50. The summed E-state index contributed by atoms with van der Waals surface area (Å²) >= 11 is 3.44. The van der Waals surface area contributed by atoms with Crippen LogP contribution < -0.4 is 32.9 Å². The first-order valence-electron chi connectivity index (χ1n) is 8.31. The summed E-state index contributed by atoms with van der Waals surface area (Å²) in [5, 5.41) is 13.4. The number of ether oxygens (including phenoxy) is 2. The van der Waals surface area contributed by atoms with Gasteiger partial charge in [0.15, 0.2) is 18.1 Å². The zero-order valence-corrected chi connectivity index (χ0v) is 17.3. The van der Waals surface area contributed by atoms with E-state index < -0.39 is 12.0 Å². The lowest BCUT2D eigenvalue weighted by Crippen LogP contribution is -3.00. The average molecular weight is 459 g/mol. The number of halogens is 2. The van der Waals surface area contributed by atoms with Gasteiger partial charge in [0.1, 0.15) is 0 Å². The summed E-state index contributed by atoms with van der Waals surface area (Å²) in [7, 11) is 0. The Morgan fingerprint density at radius 3 is 2.59 bits per heavy atom. The third kappa shape index (κ3) is 7.38. The zero-order chi connectivity index (χ0) is 18.9. The van der Waals surface area contributed by atoms with E-state index in [0.29, 0.717) is 35.7 Å². The number of rotatable bonds is 10. The molecule has 0 radical (unpaired) electrons. The molecule has 1 amide bonds. The lowest BCUT2D eigenvalue weighted by Gasteiger charge is -2.16. The maximum absolute atomic E-state index is 10.9. The van der Waals surface area contributed by atoms with E-state index in [0.717, 1.165) is 11.1 Å². The molecule has 0 saturated carbocycles. The molecule has 2 rings (SSSR count). The maximum Gasteiger partial charge on any atom is 0.255 e. The SMILES string of the molecule is CCOc1cc(CNCC(O)c2ccccc2)cc(Br)c1OCC(N)=O.[Cl-]. The molecule has 2 aromatic rings. The molecule has 0 bridgehead atoms. The third-order valence-electron chi connectivity index (χ3n) is 3.58. The van der Waals surface area contributed by atoms with E-state index in [1.165, 1.54) is 0 Å². The third-order valence-corrected chi connectivity index (χ3v) is 4.17. The molecule has 6 nitrogen and oxygen atoms in total. The van der Waals surface area contributed by atoms with Gasteiger partial charge in [0.2, 0.25) is 0 Å². The number of amides is 1. The van der Waals surface area contributed by atoms with Gasteiger partial charge in [0, 0.05) is 13.1 Å². The Hall–Kier alpha value is -1.80. The van der Waals surface area contributed by atoms with E-state index in [2.05, 4.69) is 21.2 Å². The second kappa shape index (κ2) is 11.8. The largest absolute Gasteiger partial charge is 1.00 e. The number of carbonyl (C=O) groups excluding carboxylic acids is 1. The number of nitrogens with two attached hydrogens (primary N) is 1. The van der Waals surface area contributed by atoms with Gasteiger partial charge < -0.3 is 38.0 Å². The monoisotopic (exact) mass is 457 g/mol. The van der Waals surface area contributed by atoms with Gasteiger partial charge in [-0.25, -0.2) is 0 Å². The van der Waals surface area contributed by atoms with Gasteiger partial charge in [-0.1, -0.05) is 30.3 Å². The van der Waals surface area contributed by atoms with Crippen LogP contribution in [0.1, 0.15) is 24.2 Å². The van der Waals surface area contributed by atoms with Crippen LogP contribution in [0.15, 0.2) is 46.9 Å². The fourth-order valence-electron chi connectivity index (χ4n) is 2.42. The smallest absolute Gasteiger partial charge is 0.255 e. The van der Waals surface area contributed by atoms with Gasteiger partial charge in [-0.2, -0.15) is 0 Å². The van der Waals surface area contributed by atoms with Crippen molar-refractivity contribution >= 4 is 21.8 Å². The van der Waals surface area contributed by atoms with Crippen LogP contribution in [0.5, 0.6) is 11.5 Å². The van der Waals surface area contributed by atoms with E-state index in [4.69, 9.17) is 15.2 Å². The summed E-state index contributed by atoms with van der Waals surface area (Å²) in [5.74, 6) is 0.419. The molecule has 8 heteroatoms. The van der Waals surface area contributed by atoms with Crippen LogP contribution in [0, 0.1) is 0 Å². The van der Waals surface area contributed by atoms with Crippen LogP contribution in [0.4, 0.5) is 0 Å². The maximum atomic E-state index is 10.9. The van der Waals surface area contributed by atoms with Crippen molar-refractivity contribution in [3.63, 3.8) is 0 Å². The molecule has 0 aromatic heterocycles. The van der Waals surface area contributed by atoms with Gasteiger partial charge in [0.05, 0.1) is 17.2 Å². The average Bonchev–Trinajstić information content (AvgIpc) is 2.61. The lowest BCUT2D eigenvalue weighted by atomic mass is 10.1. The van der Waals surface area contributed by atoms with E-state index in [9.17, 15) is 9.90 Å². The van der Waals surface area contributed by atoms with Crippen molar-refractivity contribution in [3.05, 3.63) is 58.1 Å². The Labute approximate surface area is 173 Å². The molecule has 0 spiro atoms. The highest BCUT2D eigenvalue weighted by Gasteiger charge is 2.14. The highest BCUT2D eigenvalue weighted by Crippen LogP contribution is 2.37. The van der Waals surface area contributed by atoms with Crippen LogP contribution >= 0.6 is 15.9 Å². The van der Waals surface area contributed by atoms with Crippen molar-refractivity contribution in [2.75, 3.05) is 19.8 Å². The number of aliphatic hydroxyl groups excluding tert-OH is 1. The Kier molecular flexibility index (Phi) is 10.2. The first-order chi connectivity index (χ1) is 12.5. The predicted octanol–water partition coefficient (Wildman–Crippen LogP) is -0.461. The Balaban J connectivity index is 0.00000364. The van der Waals surface area contributed by atoms with Crippen molar-refractivity contribution in [3.8, 4) is 11.5 Å². The number of hydrogen-bond donors (Lipinski definition) is 3. The number of hydrogen-bond acceptors (Lipinski definition) is 5. The summed E-state index contributed by atoms with van der Waals surface area (Å²) in [6, 6.07) is 13.2. The minimum absolute atomic E-state index is 0. The van der Waals surface area contributed by atoms with Gasteiger partial charge in [0.25, 0.3) is 5.91 Å². The van der Waals surface area contributed by atoms with Gasteiger partial charge in [-0.05, 0) is 46.1 Å². The molecule has 0 aliphatic rings. The van der Waals surface area contributed by atoms with Crippen molar-refractivity contribution in [1.29, 1.82) is 0 Å². The van der Waals surface area contributed by atoms with Crippen molar-refractivity contribution in [2.45, 2.75) is 19.6 Å². The topological polar surface area (TPSA) is 93.8 Å². The van der Waals surface area contributed by atoms with Gasteiger partial charge in [-0.3, -0.25) is 4.79 Å². The quantitative estimate of drug-likeness (QED) is 0.448. The minimum atomic E-state index is -0.579. The summed E-state index contributed by atoms with van der Waals surface area (Å²) < 4.78 is 11.7. The Morgan fingerprint density at radius 2 is 1.96 bits per heavy atom. The molecule has 1 atom stereocenters. The molecular formula is C19H23BrClN2O4-. The minimum Gasteiger partial charge on any atom is -1.00 e. The van der Waals surface area contributed by atoms with Crippen molar-refractivity contribution < 1.29 is 31.8 Å². The van der Waals surface area contributed by atoms with Crippen LogP contribution in [0.3, 0.4) is 0 Å². The van der Waals surface area contributed by atoms with Crippen LogP contribution in [0.25, 0.3) is 0 Å². The molecule has 0 aliphatic heterocycles. The highest BCUT2D eigenvalue weighted by atomic mass is 79.9. The number of benzene rings is 2. The highest BCUT2D eigenvalue weighted by molar-refractivity contribution is 9.10. The van der Waals surface area contributed by atoms with E-state index >= 15 is 0 Å². The molecule has 148 valence electrons. The normalized spacial score (nSPS) is 11.4. The first kappa shape index (κ1) is 23.2. The fraction of sp³-hybridized carbons (Fsp3) is 0.316. The predicted molar refractivity (Wildman–Crippen MR) is 103 cm³/mol. The fourth-order valence-corrected chi connectivity index (χ4v) is 3.02. The first-order valence-corrected chi connectivity index (χ1v) is 9.10. The summed E-state index contributed by atoms with van der Waals surface area (Å²) in [5.41, 5.74) is 6.95. The second-order valence-electron chi connectivity index (χ2n) is 5.65. The number of nitrogens with one attached hydrogen (secondary N) is 1. The Morgan fingerprint density at radius 1 is 1.26 bits per heavy atom. The molecule has 27 heavy (non-hydrogen) atoms. The van der Waals surface area contributed by atoms with Gasteiger partial charge in [-0.15, -0.1) is 0 Å². The van der Waals surface area contributed by atoms with Crippen LogP contribution in [-0.4, -0.2) is 30.8 Å². The van der Waals surface area contributed by atoms with Crippen molar-refractivity contribution in [1.82, 2.24) is 5.32 Å². The van der Waals surface area contributed by atoms with E-state index in [1.54, 1.807) is 0 Å². The molecule has 0 saturated heterocycles. The summed E-state index contributed by atoms with van der Waals surface area (Å²) in [6.45, 7) is 3.07. The zero-order valence-electron chi connectivity index (χ0n) is 15.0. The van der Waals surface area contributed by atoms with Gasteiger partial charge >= 0.3 is 0 Å². The molecule has 0 fully saturated rings. The standard InChI is InChI=1S/C19H23BrN2O4.ClH/c1-2-25-17-9-13(8-15(20)19(17)26-12-18(21)24)10-22-11-16(23)14-6-4-3-5-7-14;/h3-9,16,22-23H,2,10-12H2,1H3,(H2,21,24);1H/p-1. The van der Waals surface area contributed by atoms with Crippen molar-refractivity contribution in [2.24, 2.45) is 5.73 Å².